The fourth-order valence-corrected chi connectivity index (χ4v) is 2.70. The zero-order valence-corrected chi connectivity index (χ0v) is 12.1. The second-order valence-corrected chi connectivity index (χ2v) is 5.12. The van der Waals surface area contributed by atoms with Gasteiger partial charge in [-0.25, -0.2) is 0 Å². The highest BCUT2D eigenvalue weighted by Gasteiger charge is 2.19. The fourth-order valence-electron chi connectivity index (χ4n) is 2.70. The van der Waals surface area contributed by atoms with Crippen LogP contribution in [0.1, 0.15) is 42.8 Å². The van der Waals surface area contributed by atoms with Gasteiger partial charge in [0.25, 0.3) is 0 Å². The van der Waals surface area contributed by atoms with Crippen LogP contribution in [0.4, 0.5) is 0 Å². The molecular weight excluding hydrogens is 254 g/mol. The van der Waals surface area contributed by atoms with Gasteiger partial charge in [0.05, 0.1) is 18.7 Å². The lowest BCUT2D eigenvalue weighted by atomic mass is 10.1. The number of nitrogens with one attached hydrogen (secondary N) is 1. The third-order valence-corrected chi connectivity index (χ3v) is 3.52. The number of para-hydroxylation sites is 1. The molecule has 1 aromatic heterocycles. The molecule has 0 saturated heterocycles. The van der Waals surface area contributed by atoms with Crippen molar-refractivity contribution in [2.45, 2.75) is 33.2 Å². The maximum Gasteiger partial charge on any atom is 0.159 e. The van der Waals surface area contributed by atoms with Crippen molar-refractivity contribution >= 4 is 16.9 Å². The Hall–Kier alpha value is -1.81. The third kappa shape index (κ3) is 3.02. The Morgan fingerprint density at radius 2 is 1.85 bits per heavy atom. The summed E-state index contributed by atoms with van der Waals surface area (Å²) >= 11 is 0. The van der Waals surface area contributed by atoms with E-state index in [1.54, 1.807) is 6.07 Å². The molecule has 1 N–H and O–H groups in total. The predicted molar refractivity (Wildman–Crippen MR) is 75.5 cm³/mol. The molecule has 0 aliphatic carbocycles. The van der Waals surface area contributed by atoms with Crippen molar-refractivity contribution in [3.8, 4) is 0 Å². The summed E-state index contributed by atoms with van der Waals surface area (Å²) in [5.74, 6) is -1.25. The maximum atomic E-state index is 11.3. The quantitative estimate of drug-likeness (QED) is 0.820. The number of rotatable bonds is 7. The molecule has 4 nitrogen and oxygen atoms in total. The minimum atomic E-state index is -1.23. The molecular formula is C16H21NO3. The molecule has 0 radical (unpaired) electrons. The molecule has 108 valence electrons. The number of carbonyl (C=O) groups is 1. The average molecular weight is 275 g/mol. The lowest BCUT2D eigenvalue weighted by molar-refractivity contribution is -0.913. The number of hydrogen-bond donors (Lipinski definition) is 1. The van der Waals surface area contributed by atoms with Crippen LogP contribution >= 0.6 is 0 Å². The second-order valence-electron chi connectivity index (χ2n) is 5.12. The largest absolute Gasteiger partial charge is 0.542 e. The number of quaternary nitrogens is 1. The van der Waals surface area contributed by atoms with Gasteiger partial charge in [-0.3, -0.25) is 0 Å². The van der Waals surface area contributed by atoms with Gasteiger partial charge >= 0.3 is 0 Å². The van der Waals surface area contributed by atoms with Crippen LogP contribution in [0.5, 0.6) is 0 Å². The molecule has 0 amide bonds. The molecule has 20 heavy (non-hydrogen) atoms. The molecule has 2 rings (SSSR count). The number of hydrogen-bond acceptors (Lipinski definition) is 3. The van der Waals surface area contributed by atoms with E-state index in [9.17, 15) is 9.90 Å². The normalized spacial score (nSPS) is 11.3. The Morgan fingerprint density at radius 3 is 2.45 bits per heavy atom. The van der Waals surface area contributed by atoms with Crippen molar-refractivity contribution < 1.29 is 19.2 Å². The fraction of sp³-hybridized carbons (Fsp3) is 0.438. The summed E-state index contributed by atoms with van der Waals surface area (Å²) in [5, 5.41) is 12.2. The Kier molecular flexibility index (Phi) is 4.79. The molecule has 0 bridgehead atoms. The molecule has 2 aromatic rings. The van der Waals surface area contributed by atoms with Gasteiger partial charge in [-0.1, -0.05) is 32.0 Å². The first kappa shape index (κ1) is 14.6. The standard InChI is InChI=1S/C16H21NO3/c1-3-9-17(10-4-2)11-13-12-7-5-6-8-14(12)20-15(13)16(18)19/h5-8H,3-4,9-11H2,1-2H3,(H,18,19). The lowest BCUT2D eigenvalue weighted by Gasteiger charge is -2.18. The van der Waals surface area contributed by atoms with Crippen LogP contribution in [0.15, 0.2) is 28.7 Å². The van der Waals surface area contributed by atoms with Crippen LogP contribution in [-0.4, -0.2) is 19.1 Å². The number of fused-ring (bicyclic) bond motifs is 1. The van der Waals surface area contributed by atoms with Crippen molar-refractivity contribution in [1.82, 2.24) is 0 Å². The number of carbonyl (C=O) groups excluding carboxylic acids is 1. The van der Waals surface area contributed by atoms with Gasteiger partial charge in [0.2, 0.25) is 0 Å². The van der Waals surface area contributed by atoms with E-state index in [-0.39, 0.29) is 5.76 Å². The van der Waals surface area contributed by atoms with Gasteiger partial charge in [0.15, 0.2) is 5.76 Å². The molecule has 1 heterocycles. The first-order valence-corrected chi connectivity index (χ1v) is 7.22. The van der Waals surface area contributed by atoms with E-state index in [0.29, 0.717) is 12.1 Å². The van der Waals surface area contributed by atoms with E-state index in [1.165, 1.54) is 4.90 Å². The van der Waals surface area contributed by atoms with Gasteiger partial charge in [0.1, 0.15) is 18.1 Å². The van der Waals surface area contributed by atoms with Crippen LogP contribution in [0, 0.1) is 0 Å². The van der Waals surface area contributed by atoms with E-state index in [1.807, 2.05) is 18.2 Å². The van der Waals surface area contributed by atoms with Gasteiger partial charge in [-0.15, -0.1) is 0 Å². The SMILES string of the molecule is CCC[NH+](CCC)Cc1c(C(=O)[O-])oc2ccccc12. The Morgan fingerprint density at radius 1 is 1.20 bits per heavy atom. The zero-order valence-electron chi connectivity index (χ0n) is 12.1. The van der Waals surface area contributed by atoms with Gasteiger partial charge in [0, 0.05) is 5.39 Å². The van der Waals surface area contributed by atoms with E-state index < -0.39 is 5.97 Å². The van der Waals surface area contributed by atoms with Gasteiger partial charge in [-0.05, 0) is 18.9 Å². The molecule has 4 heteroatoms. The molecule has 0 aliphatic heterocycles. The van der Waals surface area contributed by atoms with Crippen molar-refractivity contribution in [1.29, 1.82) is 0 Å². The minimum absolute atomic E-state index is 0.0177. The van der Waals surface area contributed by atoms with Crippen LogP contribution in [0.3, 0.4) is 0 Å². The highest BCUT2D eigenvalue weighted by molar-refractivity contribution is 5.93. The maximum absolute atomic E-state index is 11.3. The molecule has 1 aromatic carbocycles. The Balaban J connectivity index is 2.39. The minimum Gasteiger partial charge on any atom is -0.542 e. The number of carboxylic acid groups (broad SMARTS) is 1. The van der Waals surface area contributed by atoms with Gasteiger partial charge < -0.3 is 19.2 Å². The van der Waals surface area contributed by atoms with Crippen molar-refractivity contribution in [3.05, 3.63) is 35.6 Å². The van der Waals surface area contributed by atoms with E-state index >= 15 is 0 Å². The van der Waals surface area contributed by atoms with E-state index in [4.69, 9.17) is 4.42 Å². The first-order valence-electron chi connectivity index (χ1n) is 7.22. The summed E-state index contributed by atoms with van der Waals surface area (Å²) in [6.07, 6.45) is 2.15. The molecule has 0 unspecified atom stereocenters. The van der Waals surface area contributed by atoms with Crippen LogP contribution in [0.2, 0.25) is 0 Å². The van der Waals surface area contributed by atoms with E-state index in [2.05, 4.69) is 13.8 Å². The Bertz CT molecular complexity index is 582. The molecule has 0 fully saturated rings. The van der Waals surface area contributed by atoms with Crippen molar-refractivity contribution in [2.24, 2.45) is 0 Å². The number of carboxylic acids is 1. The number of aromatic carboxylic acids is 1. The van der Waals surface area contributed by atoms with Crippen molar-refractivity contribution in [3.63, 3.8) is 0 Å². The smallest absolute Gasteiger partial charge is 0.159 e. The second kappa shape index (κ2) is 6.57. The van der Waals surface area contributed by atoms with Crippen molar-refractivity contribution in [2.75, 3.05) is 13.1 Å². The predicted octanol–water partition coefficient (Wildman–Crippen LogP) is 1.00. The zero-order chi connectivity index (χ0) is 14.5. The lowest BCUT2D eigenvalue weighted by Crippen LogP contribution is -3.10. The first-order chi connectivity index (χ1) is 9.67. The highest BCUT2D eigenvalue weighted by Crippen LogP contribution is 2.24. The topological polar surface area (TPSA) is 57.7 Å². The number of benzene rings is 1. The summed E-state index contributed by atoms with van der Waals surface area (Å²) in [4.78, 5) is 12.7. The summed E-state index contributed by atoms with van der Waals surface area (Å²) in [5.41, 5.74) is 1.38. The average Bonchev–Trinajstić information content (AvgIpc) is 2.79. The molecule has 0 spiro atoms. The van der Waals surface area contributed by atoms with Crippen LogP contribution in [-0.2, 0) is 6.54 Å². The van der Waals surface area contributed by atoms with Crippen LogP contribution < -0.4 is 10.0 Å². The molecule has 0 aliphatic rings. The molecule has 0 atom stereocenters. The van der Waals surface area contributed by atoms with E-state index in [0.717, 1.165) is 36.9 Å². The number of furan rings is 1. The molecule has 0 saturated carbocycles. The highest BCUT2D eigenvalue weighted by atomic mass is 16.4. The summed E-state index contributed by atoms with van der Waals surface area (Å²) < 4.78 is 5.44. The van der Waals surface area contributed by atoms with Gasteiger partial charge in [-0.2, -0.15) is 0 Å². The third-order valence-electron chi connectivity index (χ3n) is 3.52. The Labute approximate surface area is 119 Å². The van der Waals surface area contributed by atoms with Crippen LogP contribution in [0.25, 0.3) is 11.0 Å². The summed E-state index contributed by atoms with van der Waals surface area (Å²) in [6, 6.07) is 7.46. The monoisotopic (exact) mass is 275 g/mol. The summed E-state index contributed by atoms with van der Waals surface area (Å²) in [6.45, 7) is 7.01. The summed E-state index contributed by atoms with van der Waals surface area (Å²) in [7, 11) is 0.